The zero-order valence-corrected chi connectivity index (χ0v) is 17.2. The van der Waals surface area contributed by atoms with Crippen LogP contribution in [0.15, 0.2) is 54.6 Å². The minimum Gasteiger partial charge on any atom is -0.348 e. The lowest BCUT2D eigenvalue weighted by molar-refractivity contribution is 0.0950. The van der Waals surface area contributed by atoms with Crippen LogP contribution in [0.25, 0.3) is 0 Å². The number of nitrogens with one attached hydrogen (secondary N) is 1. The van der Waals surface area contributed by atoms with E-state index in [2.05, 4.69) is 21.4 Å². The van der Waals surface area contributed by atoms with Crippen LogP contribution in [0.5, 0.6) is 0 Å². The standard InChI is InChI=1S/C22H25ClN4O/c1-16-20(21(23)27(25-16)14-17-9-5-4-6-10-17)22(28)24-13-18-11-7-8-12-19(18)15-26(2)3/h4-12H,13-15H2,1-3H3,(H,24,28). The number of rotatable bonds is 7. The number of carbonyl (C=O) groups excluding carboxylic acids is 1. The lowest BCUT2D eigenvalue weighted by atomic mass is 10.1. The Hall–Kier alpha value is -2.63. The van der Waals surface area contributed by atoms with Crippen LogP contribution in [0.2, 0.25) is 5.15 Å². The van der Waals surface area contributed by atoms with Gasteiger partial charge in [-0.05, 0) is 37.7 Å². The van der Waals surface area contributed by atoms with Gasteiger partial charge < -0.3 is 10.2 Å². The van der Waals surface area contributed by atoms with E-state index in [9.17, 15) is 4.79 Å². The molecule has 1 N–H and O–H groups in total. The van der Waals surface area contributed by atoms with Gasteiger partial charge in [0.15, 0.2) is 0 Å². The molecule has 0 aliphatic carbocycles. The van der Waals surface area contributed by atoms with E-state index in [1.54, 1.807) is 4.68 Å². The fourth-order valence-corrected chi connectivity index (χ4v) is 3.48. The van der Waals surface area contributed by atoms with Gasteiger partial charge in [-0.1, -0.05) is 66.2 Å². The fraction of sp³-hybridized carbons (Fsp3) is 0.273. The van der Waals surface area contributed by atoms with Crippen LogP contribution in [-0.4, -0.2) is 34.7 Å². The van der Waals surface area contributed by atoms with Crippen molar-refractivity contribution in [3.05, 3.63) is 87.7 Å². The third-order valence-electron chi connectivity index (χ3n) is 4.51. The average molecular weight is 397 g/mol. The summed E-state index contributed by atoms with van der Waals surface area (Å²) in [5, 5.41) is 7.81. The van der Waals surface area contributed by atoms with Gasteiger partial charge in [-0.3, -0.25) is 4.79 Å². The summed E-state index contributed by atoms with van der Waals surface area (Å²) in [5.41, 5.74) is 4.42. The minimum atomic E-state index is -0.207. The van der Waals surface area contributed by atoms with Gasteiger partial charge in [-0.25, -0.2) is 4.68 Å². The normalized spacial score (nSPS) is 11.0. The van der Waals surface area contributed by atoms with E-state index in [-0.39, 0.29) is 5.91 Å². The summed E-state index contributed by atoms with van der Waals surface area (Å²) in [5.74, 6) is -0.207. The quantitative estimate of drug-likeness (QED) is 0.659. The van der Waals surface area contributed by atoms with Gasteiger partial charge >= 0.3 is 0 Å². The molecular weight excluding hydrogens is 372 g/mol. The highest BCUT2D eigenvalue weighted by atomic mass is 35.5. The molecular formula is C22H25ClN4O. The third kappa shape index (κ3) is 4.80. The summed E-state index contributed by atoms with van der Waals surface area (Å²) in [6.07, 6.45) is 0. The molecule has 1 heterocycles. The van der Waals surface area contributed by atoms with Crippen molar-refractivity contribution in [1.29, 1.82) is 0 Å². The first-order valence-corrected chi connectivity index (χ1v) is 9.60. The van der Waals surface area contributed by atoms with Crippen molar-refractivity contribution in [3.63, 3.8) is 0 Å². The molecule has 0 saturated carbocycles. The van der Waals surface area contributed by atoms with Crippen molar-refractivity contribution in [3.8, 4) is 0 Å². The highest BCUT2D eigenvalue weighted by Crippen LogP contribution is 2.21. The van der Waals surface area contributed by atoms with Crippen molar-refractivity contribution in [1.82, 2.24) is 20.0 Å². The van der Waals surface area contributed by atoms with E-state index in [0.29, 0.717) is 29.5 Å². The number of halogens is 1. The maximum Gasteiger partial charge on any atom is 0.256 e. The lowest BCUT2D eigenvalue weighted by Crippen LogP contribution is -2.24. The van der Waals surface area contributed by atoms with Crippen LogP contribution < -0.4 is 5.32 Å². The Morgan fingerprint density at radius 3 is 2.39 bits per heavy atom. The van der Waals surface area contributed by atoms with Crippen molar-refractivity contribution >= 4 is 17.5 Å². The fourth-order valence-electron chi connectivity index (χ4n) is 3.16. The number of carbonyl (C=O) groups is 1. The molecule has 2 aromatic carbocycles. The molecule has 0 aliphatic rings. The Labute approximate surface area is 170 Å². The van der Waals surface area contributed by atoms with Crippen LogP contribution in [0.4, 0.5) is 0 Å². The number of hydrogen-bond donors (Lipinski definition) is 1. The summed E-state index contributed by atoms with van der Waals surface area (Å²) in [7, 11) is 4.05. The molecule has 146 valence electrons. The maximum atomic E-state index is 12.8. The molecule has 28 heavy (non-hydrogen) atoms. The first-order chi connectivity index (χ1) is 13.5. The minimum absolute atomic E-state index is 0.207. The van der Waals surface area contributed by atoms with E-state index in [4.69, 9.17) is 11.6 Å². The Morgan fingerprint density at radius 2 is 1.71 bits per heavy atom. The SMILES string of the molecule is Cc1nn(Cc2ccccc2)c(Cl)c1C(=O)NCc1ccccc1CN(C)C. The van der Waals surface area contributed by atoms with Gasteiger partial charge in [0.2, 0.25) is 0 Å². The summed E-state index contributed by atoms with van der Waals surface area (Å²) >= 11 is 6.49. The molecule has 3 aromatic rings. The Morgan fingerprint density at radius 1 is 1.07 bits per heavy atom. The number of nitrogens with zero attached hydrogens (tertiary/aromatic N) is 3. The molecule has 0 radical (unpaired) electrons. The monoisotopic (exact) mass is 396 g/mol. The van der Waals surface area contributed by atoms with E-state index in [1.807, 2.05) is 69.6 Å². The molecule has 0 fully saturated rings. The van der Waals surface area contributed by atoms with Gasteiger partial charge in [0, 0.05) is 13.1 Å². The highest BCUT2D eigenvalue weighted by molar-refractivity contribution is 6.33. The van der Waals surface area contributed by atoms with Gasteiger partial charge in [-0.2, -0.15) is 5.10 Å². The van der Waals surface area contributed by atoms with Crippen LogP contribution in [-0.2, 0) is 19.6 Å². The lowest BCUT2D eigenvalue weighted by Gasteiger charge is -2.14. The first kappa shape index (κ1) is 20.1. The predicted molar refractivity (Wildman–Crippen MR) is 113 cm³/mol. The average Bonchev–Trinajstić information content (AvgIpc) is 2.94. The zero-order chi connectivity index (χ0) is 20.1. The Balaban J connectivity index is 1.73. The number of amides is 1. The van der Waals surface area contributed by atoms with Gasteiger partial charge in [-0.15, -0.1) is 0 Å². The first-order valence-electron chi connectivity index (χ1n) is 9.22. The highest BCUT2D eigenvalue weighted by Gasteiger charge is 2.20. The summed E-state index contributed by atoms with van der Waals surface area (Å²) in [6.45, 7) is 3.60. The van der Waals surface area contributed by atoms with Crippen molar-refractivity contribution in [2.75, 3.05) is 14.1 Å². The number of aromatic nitrogens is 2. The molecule has 0 bridgehead atoms. The molecule has 6 heteroatoms. The van der Waals surface area contributed by atoms with E-state index < -0.39 is 0 Å². The summed E-state index contributed by atoms with van der Waals surface area (Å²) < 4.78 is 1.67. The van der Waals surface area contributed by atoms with Crippen LogP contribution in [0, 0.1) is 6.92 Å². The second kappa shape index (κ2) is 9.04. The van der Waals surface area contributed by atoms with Gasteiger partial charge in [0.05, 0.1) is 17.8 Å². The van der Waals surface area contributed by atoms with Crippen LogP contribution in [0.3, 0.4) is 0 Å². The molecule has 1 aromatic heterocycles. The number of hydrogen-bond acceptors (Lipinski definition) is 3. The topological polar surface area (TPSA) is 50.2 Å². The molecule has 0 atom stereocenters. The second-order valence-electron chi connectivity index (χ2n) is 7.08. The molecule has 5 nitrogen and oxygen atoms in total. The second-order valence-corrected chi connectivity index (χ2v) is 7.44. The molecule has 1 amide bonds. The zero-order valence-electron chi connectivity index (χ0n) is 16.4. The van der Waals surface area contributed by atoms with Crippen molar-refractivity contribution < 1.29 is 4.79 Å². The Bertz CT molecular complexity index is 950. The maximum absolute atomic E-state index is 12.8. The molecule has 3 rings (SSSR count). The van der Waals surface area contributed by atoms with E-state index >= 15 is 0 Å². The van der Waals surface area contributed by atoms with Crippen LogP contribution >= 0.6 is 11.6 Å². The summed E-state index contributed by atoms with van der Waals surface area (Å²) in [4.78, 5) is 14.9. The van der Waals surface area contributed by atoms with E-state index in [1.165, 1.54) is 5.56 Å². The largest absolute Gasteiger partial charge is 0.348 e. The van der Waals surface area contributed by atoms with E-state index in [0.717, 1.165) is 17.7 Å². The molecule has 0 spiro atoms. The third-order valence-corrected chi connectivity index (χ3v) is 4.90. The Kier molecular flexibility index (Phi) is 6.49. The number of aryl methyl sites for hydroxylation is 1. The van der Waals surface area contributed by atoms with Crippen molar-refractivity contribution in [2.24, 2.45) is 0 Å². The molecule has 0 saturated heterocycles. The van der Waals surface area contributed by atoms with Gasteiger partial charge in [0.1, 0.15) is 5.15 Å². The smallest absolute Gasteiger partial charge is 0.256 e. The summed E-state index contributed by atoms with van der Waals surface area (Å²) in [6, 6.07) is 18.0. The van der Waals surface area contributed by atoms with Gasteiger partial charge in [0.25, 0.3) is 5.91 Å². The van der Waals surface area contributed by atoms with Crippen molar-refractivity contribution in [2.45, 2.75) is 26.6 Å². The molecule has 0 unspecified atom stereocenters. The van der Waals surface area contributed by atoms with Crippen LogP contribution in [0.1, 0.15) is 32.7 Å². The molecule has 0 aliphatic heterocycles. The predicted octanol–water partition coefficient (Wildman–Crippen LogP) is 3.88. The number of benzene rings is 2.